The molecular formula is C14H15N4OY-. The van der Waals surface area contributed by atoms with E-state index in [1.54, 1.807) is 29.7 Å². The van der Waals surface area contributed by atoms with Crippen LogP contribution in [0.1, 0.15) is 35.8 Å². The van der Waals surface area contributed by atoms with Gasteiger partial charge >= 0.3 is 0 Å². The predicted octanol–water partition coefficient (Wildman–Crippen LogP) is 1.86. The van der Waals surface area contributed by atoms with E-state index in [-0.39, 0.29) is 38.6 Å². The number of pyridine rings is 1. The van der Waals surface area contributed by atoms with Crippen molar-refractivity contribution < 1.29 is 37.5 Å². The predicted molar refractivity (Wildman–Crippen MR) is 71.1 cm³/mol. The van der Waals surface area contributed by atoms with Crippen molar-refractivity contribution in [2.45, 2.75) is 26.3 Å². The summed E-state index contributed by atoms with van der Waals surface area (Å²) in [6.45, 7) is 5.55. The largest absolute Gasteiger partial charge is 0.367 e. The van der Waals surface area contributed by atoms with Gasteiger partial charge in [0.15, 0.2) is 0 Å². The standard InChI is InChI=1S/C14H15N4O.Y/c1-10(2)11-3-4-13(16-7-11)18-6-5-17-9-15-8-12(17)14(18)19;/h4,7-10H,5-6H2,1-2H3;/q-1;. The van der Waals surface area contributed by atoms with E-state index in [1.807, 2.05) is 4.57 Å². The van der Waals surface area contributed by atoms with Crippen LogP contribution in [0.3, 0.4) is 0 Å². The molecule has 1 aliphatic heterocycles. The minimum atomic E-state index is -0.0538. The maximum atomic E-state index is 12.3. The molecule has 0 bridgehead atoms. The first kappa shape index (κ1) is 15.3. The van der Waals surface area contributed by atoms with E-state index >= 15 is 0 Å². The number of hydrogen-bond acceptors (Lipinski definition) is 3. The fourth-order valence-electron chi connectivity index (χ4n) is 2.16. The van der Waals surface area contributed by atoms with Crippen LogP contribution in [0.15, 0.2) is 24.8 Å². The van der Waals surface area contributed by atoms with Gasteiger partial charge in [-0.2, -0.15) is 6.07 Å². The van der Waals surface area contributed by atoms with Crippen LogP contribution in [0.4, 0.5) is 5.82 Å². The number of carbonyl (C=O) groups is 1. The van der Waals surface area contributed by atoms with Crippen molar-refractivity contribution in [2.75, 3.05) is 11.4 Å². The van der Waals surface area contributed by atoms with E-state index in [1.165, 1.54) is 0 Å². The molecule has 2 aromatic heterocycles. The Labute approximate surface area is 143 Å². The van der Waals surface area contributed by atoms with Crippen molar-refractivity contribution in [3.63, 3.8) is 0 Å². The van der Waals surface area contributed by atoms with Crippen LogP contribution in [0.2, 0.25) is 0 Å². The molecule has 0 N–H and O–H groups in total. The van der Waals surface area contributed by atoms with Gasteiger partial charge in [-0.3, -0.25) is 4.79 Å². The molecule has 2 aromatic rings. The first-order valence-electron chi connectivity index (χ1n) is 6.36. The molecule has 0 unspecified atom stereocenters. The monoisotopic (exact) mass is 344 g/mol. The van der Waals surface area contributed by atoms with Gasteiger partial charge in [-0.1, -0.05) is 20.0 Å². The summed E-state index contributed by atoms with van der Waals surface area (Å²) in [6, 6.07) is 4.98. The second-order valence-electron chi connectivity index (χ2n) is 4.94. The van der Waals surface area contributed by atoms with E-state index in [4.69, 9.17) is 0 Å². The molecule has 1 amide bonds. The number of imidazole rings is 1. The Hall–Kier alpha value is -1.07. The van der Waals surface area contributed by atoms with Crippen molar-refractivity contribution in [3.05, 3.63) is 42.1 Å². The first-order valence-corrected chi connectivity index (χ1v) is 6.36. The molecule has 6 heteroatoms. The molecule has 0 atom stereocenters. The maximum Gasteiger partial charge on any atom is 0.266 e. The SMILES string of the molecule is CC(C)c1[c-]cc(N2CCn3cncc3C2=O)nc1.[Y]. The number of hydrogen-bond donors (Lipinski definition) is 0. The smallest absolute Gasteiger partial charge is 0.266 e. The van der Waals surface area contributed by atoms with Gasteiger partial charge in [-0.15, -0.1) is 11.6 Å². The summed E-state index contributed by atoms with van der Waals surface area (Å²) in [4.78, 5) is 22.4. The van der Waals surface area contributed by atoms with E-state index < -0.39 is 0 Å². The summed E-state index contributed by atoms with van der Waals surface area (Å²) in [5.41, 5.74) is 1.67. The van der Waals surface area contributed by atoms with Gasteiger partial charge in [-0.25, -0.2) is 4.98 Å². The van der Waals surface area contributed by atoms with Crippen LogP contribution in [-0.2, 0) is 39.3 Å². The van der Waals surface area contributed by atoms with Crippen LogP contribution >= 0.6 is 0 Å². The third kappa shape index (κ3) is 2.70. The number of nitrogens with zero attached hydrogens (tertiary/aromatic N) is 4. The summed E-state index contributed by atoms with van der Waals surface area (Å²) in [5.74, 6) is 0.990. The van der Waals surface area contributed by atoms with Crippen molar-refractivity contribution in [2.24, 2.45) is 0 Å². The van der Waals surface area contributed by atoms with Crippen molar-refractivity contribution in [3.8, 4) is 0 Å². The third-order valence-corrected chi connectivity index (χ3v) is 3.34. The molecule has 0 saturated carbocycles. The Kier molecular flexibility index (Phi) is 4.71. The molecule has 0 aliphatic carbocycles. The zero-order chi connectivity index (χ0) is 13.4. The van der Waals surface area contributed by atoms with Gasteiger partial charge in [0.25, 0.3) is 5.91 Å². The normalized spacial score (nSPS) is 14.2. The zero-order valence-electron chi connectivity index (χ0n) is 11.6. The topological polar surface area (TPSA) is 51.0 Å². The Morgan fingerprint density at radius 2 is 2.10 bits per heavy atom. The molecule has 0 aromatic carbocycles. The van der Waals surface area contributed by atoms with E-state index in [0.717, 1.165) is 12.1 Å². The fraction of sp³-hybridized carbons (Fsp3) is 0.357. The van der Waals surface area contributed by atoms with Gasteiger partial charge in [0, 0.05) is 51.6 Å². The molecule has 0 fully saturated rings. The second kappa shape index (κ2) is 6.14. The maximum absolute atomic E-state index is 12.3. The third-order valence-electron chi connectivity index (χ3n) is 3.34. The van der Waals surface area contributed by atoms with Gasteiger partial charge in [-0.05, 0) is 5.92 Å². The number of anilines is 1. The molecular weight excluding hydrogens is 329 g/mol. The van der Waals surface area contributed by atoms with E-state index in [9.17, 15) is 4.79 Å². The van der Waals surface area contributed by atoms with Crippen LogP contribution in [0, 0.1) is 6.07 Å². The number of amides is 1. The van der Waals surface area contributed by atoms with Gasteiger partial charge in [0.1, 0.15) is 5.69 Å². The number of fused-ring (bicyclic) bond motifs is 1. The average Bonchev–Trinajstić information content (AvgIpc) is 2.88. The number of aromatic nitrogens is 3. The Morgan fingerprint density at radius 3 is 2.75 bits per heavy atom. The Balaban J connectivity index is 0.00000147. The van der Waals surface area contributed by atoms with Crippen LogP contribution in [0.25, 0.3) is 0 Å². The summed E-state index contributed by atoms with van der Waals surface area (Å²) >= 11 is 0. The first-order chi connectivity index (χ1) is 9.16. The minimum absolute atomic E-state index is 0. The molecule has 5 nitrogen and oxygen atoms in total. The molecule has 1 radical (unpaired) electrons. The molecule has 3 heterocycles. The summed E-state index contributed by atoms with van der Waals surface area (Å²) in [7, 11) is 0. The average molecular weight is 344 g/mol. The summed E-state index contributed by atoms with van der Waals surface area (Å²) < 4.78 is 1.87. The fourth-order valence-corrected chi connectivity index (χ4v) is 2.16. The molecule has 20 heavy (non-hydrogen) atoms. The molecule has 0 saturated heterocycles. The Bertz CT molecular complexity index is 606. The molecule has 0 spiro atoms. The van der Waals surface area contributed by atoms with Gasteiger partial charge < -0.3 is 14.5 Å². The van der Waals surface area contributed by atoms with E-state index in [2.05, 4.69) is 29.9 Å². The summed E-state index contributed by atoms with van der Waals surface area (Å²) in [6.07, 6.45) is 5.08. The minimum Gasteiger partial charge on any atom is -0.367 e. The van der Waals surface area contributed by atoms with Crippen molar-refractivity contribution in [1.29, 1.82) is 0 Å². The molecule has 3 rings (SSSR count). The van der Waals surface area contributed by atoms with Crippen LogP contribution in [0.5, 0.6) is 0 Å². The Morgan fingerprint density at radius 1 is 1.30 bits per heavy atom. The van der Waals surface area contributed by atoms with Crippen LogP contribution < -0.4 is 4.90 Å². The zero-order valence-corrected chi connectivity index (χ0v) is 14.4. The van der Waals surface area contributed by atoms with Crippen LogP contribution in [-0.4, -0.2) is 27.0 Å². The van der Waals surface area contributed by atoms with Gasteiger partial charge in [0.05, 0.1) is 12.5 Å². The van der Waals surface area contributed by atoms with Crippen molar-refractivity contribution >= 4 is 11.7 Å². The number of rotatable bonds is 2. The summed E-state index contributed by atoms with van der Waals surface area (Å²) in [5, 5.41) is 0. The van der Waals surface area contributed by atoms with Gasteiger partial charge in [0.2, 0.25) is 0 Å². The van der Waals surface area contributed by atoms with Crippen molar-refractivity contribution in [1.82, 2.24) is 14.5 Å². The molecule has 1 aliphatic rings. The molecule has 101 valence electrons. The second-order valence-corrected chi connectivity index (χ2v) is 4.94. The quantitative estimate of drug-likeness (QED) is 0.782. The number of carbonyl (C=O) groups excluding carboxylic acids is 1. The van der Waals surface area contributed by atoms with E-state index in [0.29, 0.717) is 24.0 Å².